The number of methoxy groups -OCH3 is 1. The number of hydrogen-bond acceptors (Lipinski definition) is 3. The lowest BCUT2D eigenvalue weighted by Crippen LogP contribution is -2.06. The molecule has 3 nitrogen and oxygen atoms in total. The number of esters is 1. The van der Waals surface area contributed by atoms with Gasteiger partial charge in [0.05, 0.1) is 12.1 Å². The van der Waals surface area contributed by atoms with Crippen LogP contribution in [0.1, 0.15) is 10.5 Å². The largest absolute Gasteiger partial charge is 0.464 e. The molecule has 0 amide bonds. The van der Waals surface area contributed by atoms with Crippen LogP contribution in [0, 0.1) is 5.82 Å². The Morgan fingerprint density at radius 2 is 2.42 bits per heavy atom. The molecule has 0 saturated carbocycles. The zero-order chi connectivity index (χ0) is 9.14. The van der Waals surface area contributed by atoms with Crippen LogP contribution in [0.5, 0.6) is 0 Å². The third-order valence-electron chi connectivity index (χ3n) is 1.19. The van der Waals surface area contributed by atoms with Crippen molar-refractivity contribution >= 4 is 17.6 Å². The number of halogens is 2. The summed E-state index contributed by atoms with van der Waals surface area (Å²) in [6.07, 6.45) is 1.18. The summed E-state index contributed by atoms with van der Waals surface area (Å²) < 4.78 is 17.1. The van der Waals surface area contributed by atoms with Gasteiger partial charge in [-0.1, -0.05) is 11.6 Å². The summed E-state index contributed by atoms with van der Waals surface area (Å²) in [5, 5.41) is 0.139. The Bertz CT molecular complexity index is 316. The van der Waals surface area contributed by atoms with Crippen molar-refractivity contribution in [3.8, 4) is 0 Å². The Labute approximate surface area is 73.1 Å². The van der Waals surface area contributed by atoms with Crippen molar-refractivity contribution in [1.29, 1.82) is 0 Å². The average Bonchev–Trinajstić information content (AvgIpc) is 2.03. The van der Waals surface area contributed by atoms with Crippen LogP contribution in [0.4, 0.5) is 4.39 Å². The summed E-state index contributed by atoms with van der Waals surface area (Å²) in [5.74, 6) is -1.60. The van der Waals surface area contributed by atoms with Crippen molar-refractivity contribution in [2.45, 2.75) is 0 Å². The number of carbonyl (C=O) groups excluding carboxylic acids is 1. The monoisotopic (exact) mass is 189 g/mol. The van der Waals surface area contributed by atoms with Crippen molar-refractivity contribution in [3.05, 3.63) is 28.8 Å². The Kier molecular flexibility index (Phi) is 2.60. The van der Waals surface area contributed by atoms with Gasteiger partial charge in [0.2, 0.25) is 0 Å². The molecule has 12 heavy (non-hydrogen) atoms. The fourth-order valence-corrected chi connectivity index (χ4v) is 0.806. The summed E-state index contributed by atoms with van der Waals surface area (Å²) in [5.41, 5.74) is -0.359. The van der Waals surface area contributed by atoms with Crippen LogP contribution >= 0.6 is 11.6 Å². The summed E-state index contributed by atoms with van der Waals surface area (Å²) in [6, 6.07) is 1.00. The molecule has 0 radical (unpaired) electrons. The second-order valence-corrected chi connectivity index (χ2v) is 2.41. The van der Waals surface area contributed by atoms with Gasteiger partial charge in [-0.15, -0.1) is 0 Å². The van der Waals surface area contributed by atoms with Crippen LogP contribution < -0.4 is 0 Å². The van der Waals surface area contributed by atoms with Crippen LogP contribution in [0.3, 0.4) is 0 Å². The van der Waals surface area contributed by atoms with Gasteiger partial charge in [-0.2, -0.15) is 0 Å². The van der Waals surface area contributed by atoms with E-state index < -0.39 is 11.8 Å². The molecule has 0 aliphatic rings. The van der Waals surface area contributed by atoms with Gasteiger partial charge in [-0.25, -0.2) is 14.2 Å². The second kappa shape index (κ2) is 3.49. The van der Waals surface area contributed by atoms with Gasteiger partial charge in [0.15, 0.2) is 11.5 Å². The summed E-state index contributed by atoms with van der Waals surface area (Å²) in [7, 11) is 1.15. The Balaban J connectivity index is 3.09. The number of pyridine rings is 1. The topological polar surface area (TPSA) is 39.2 Å². The molecule has 0 atom stereocenters. The first-order chi connectivity index (χ1) is 5.65. The molecule has 5 heteroatoms. The molecule has 0 N–H and O–H groups in total. The Morgan fingerprint density at radius 3 is 2.92 bits per heavy atom. The van der Waals surface area contributed by atoms with Crippen LogP contribution in [0.2, 0.25) is 5.02 Å². The molecular formula is C7H5ClFNO2. The fourth-order valence-electron chi connectivity index (χ4n) is 0.661. The van der Waals surface area contributed by atoms with Gasteiger partial charge in [0, 0.05) is 6.20 Å². The van der Waals surface area contributed by atoms with E-state index in [2.05, 4.69) is 9.72 Å². The molecule has 64 valence electrons. The normalized spacial score (nSPS) is 9.58. The maximum atomic E-state index is 12.8. The fraction of sp³-hybridized carbons (Fsp3) is 0.143. The van der Waals surface area contributed by atoms with Crippen LogP contribution in [-0.4, -0.2) is 18.1 Å². The van der Waals surface area contributed by atoms with E-state index in [1.165, 1.54) is 6.20 Å². The number of ether oxygens (including phenoxy) is 1. The lowest BCUT2D eigenvalue weighted by molar-refractivity contribution is 0.0588. The minimum Gasteiger partial charge on any atom is -0.464 e. The van der Waals surface area contributed by atoms with Crippen molar-refractivity contribution in [3.63, 3.8) is 0 Å². The van der Waals surface area contributed by atoms with Gasteiger partial charge in [0.1, 0.15) is 0 Å². The molecule has 0 saturated heterocycles. The summed E-state index contributed by atoms with van der Waals surface area (Å²) in [4.78, 5) is 14.2. The third-order valence-corrected chi connectivity index (χ3v) is 1.39. The van der Waals surface area contributed by atoms with Crippen molar-refractivity contribution in [2.75, 3.05) is 7.11 Å². The molecular weight excluding hydrogens is 185 g/mol. The van der Waals surface area contributed by atoms with Crippen molar-refractivity contribution in [2.24, 2.45) is 0 Å². The maximum Gasteiger partial charge on any atom is 0.359 e. The Morgan fingerprint density at radius 1 is 1.75 bits per heavy atom. The number of aromatic nitrogens is 1. The van der Waals surface area contributed by atoms with Crippen molar-refractivity contribution in [1.82, 2.24) is 4.98 Å². The second-order valence-electron chi connectivity index (χ2n) is 1.98. The smallest absolute Gasteiger partial charge is 0.359 e. The first kappa shape index (κ1) is 8.93. The molecule has 0 spiro atoms. The first-order valence-corrected chi connectivity index (χ1v) is 3.42. The van der Waals surface area contributed by atoms with Gasteiger partial charge in [0.25, 0.3) is 0 Å². The average molecular weight is 190 g/mol. The predicted octanol–water partition coefficient (Wildman–Crippen LogP) is 1.66. The van der Waals surface area contributed by atoms with Crippen molar-refractivity contribution < 1.29 is 13.9 Å². The highest BCUT2D eigenvalue weighted by Gasteiger charge is 2.13. The first-order valence-electron chi connectivity index (χ1n) is 3.04. The molecule has 0 unspecified atom stereocenters. The van der Waals surface area contributed by atoms with E-state index in [0.717, 1.165) is 13.2 Å². The minimum atomic E-state index is -0.816. The summed E-state index contributed by atoms with van der Waals surface area (Å²) in [6.45, 7) is 0. The molecule has 0 aliphatic heterocycles. The molecule has 1 aromatic rings. The van der Waals surface area contributed by atoms with E-state index in [1.54, 1.807) is 0 Å². The standard InChI is InChI=1S/C7H5ClFNO2/c1-12-7(11)6-5(9)2-4(8)3-10-6/h2-3H,1H3. The van der Waals surface area contributed by atoms with E-state index in [4.69, 9.17) is 11.6 Å². The van der Waals surface area contributed by atoms with E-state index in [9.17, 15) is 9.18 Å². The molecule has 0 aromatic carbocycles. The lowest BCUT2D eigenvalue weighted by atomic mass is 10.3. The van der Waals surface area contributed by atoms with E-state index in [-0.39, 0.29) is 10.7 Å². The zero-order valence-corrected chi connectivity index (χ0v) is 6.93. The van der Waals surface area contributed by atoms with E-state index in [0.29, 0.717) is 0 Å². The number of hydrogen-bond donors (Lipinski definition) is 0. The predicted molar refractivity (Wildman–Crippen MR) is 40.5 cm³/mol. The zero-order valence-electron chi connectivity index (χ0n) is 6.17. The molecule has 0 bridgehead atoms. The Hall–Kier alpha value is -1.16. The van der Waals surface area contributed by atoms with Gasteiger partial charge in [-0.05, 0) is 6.07 Å². The molecule has 0 aliphatic carbocycles. The number of nitrogens with zero attached hydrogens (tertiary/aromatic N) is 1. The quantitative estimate of drug-likeness (QED) is 0.631. The molecule has 0 fully saturated rings. The van der Waals surface area contributed by atoms with Gasteiger partial charge >= 0.3 is 5.97 Å². The van der Waals surface area contributed by atoms with E-state index in [1.807, 2.05) is 0 Å². The molecule has 1 rings (SSSR count). The van der Waals surface area contributed by atoms with Crippen LogP contribution in [-0.2, 0) is 4.74 Å². The van der Waals surface area contributed by atoms with Crippen LogP contribution in [0.25, 0.3) is 0 Å². The highest BCUT2D eigenvalue weighted by atomic mass is 35.5. The maximum absolute atomic E-state index is 12.8. The number of carbonyl (C=O) groups is 1. The molecule has 1 heterocycles. The highest BCUT2D eigenvalue weighted by molar-refractivity contribution is 6.30. The third kappa shape index (κ3) is 1.71. The highest BCUT2D eigenvalue weighted by Crippen LogP contribution is 2.11. The van der Waals surface area contributed by atoms with Crippen LogP contribution in [0.15, 0.2) is 12.3 Å². The number of rotatable bonds is 1. The van der Waals surface area contributed by atoms with Gasteiger partial charge < -0.3 is 4.74 Å². The lowest BCUT2D eigenvalue weighted by Gasteiger charge is -1.98. The SMILES string of the molecule is COC(=O)c1ncc(Cl)cc1F. The minimum absolute atomic E-state index is 0.139. The molecule has 1 aromatic heterocycles. The van der Waals surface area contributed by atoms with Gasteiger partial charge in [-0.3, -0.25) is 0 Å². The van der Waals surface area contributed by atoms with E-state index >= 15 is 0 Å². The summed E-state index contributed by atoms with van der Waals surface area (Å²) >= 11 is 5.41.